The number of benzene rings is 2. The van der Waals surface area contributed by atoms with Gasteiger partial charge in [-0.05, 0) is 23.8 Å². The van der Waals surface area contributed by atoms with E-state index in [4.69, 9.17) is 11.6 Å². The highest BCUT2D eigenvalue weighted by Crippen LogP contribution is 2.21. The number of amides is 2. The number of carbonyl (C=O) groups is 2. The van der Waals surface area contributed by atoms with Crippen LogP contribution in [-0.4, -0.2) is 54.8 Å². The maximum absolute atomic E-state index is 12.5. The quantitative estimate of drug-likeness (QED) is 0.747. The smallest absolute Gasteiger partial charge is 0.223 e. The van der Waals surface area contributed by atoms with Crippen LogP contribution in [0.1, 0.15) is 18.4 Å². The summed E-state index contributed by atoms with van der Waals surface area (Å²) in [5.74, 6) is 0.0435. The fraction of sp³-hybridized carbons (Fsp3) is 0.364. The summed E-state index contributed by atoms with van der Waals surface area (Å²) in [5.41, 5.74) is 2.17. The first kappa shape index (κ1) is 20.2. The van der Waals surface area contributed by atoms with Crippen molar-refractivity contribution in [1.82, 2.24) is 9.80 Å². The minimum Gasteiger partial charge on any atom is -0.368 e. The van der Waals surface area contributed by atoms with E-state index in [0.29, 0.717) is 24.7 Å². The van der Waals surface area contributed by atoms with Crippen LogP contribution in [0.3, 0.4) is 0 Å². The van der Waals surface area contributed by atoms with Gasteiger partial charge in [0.1, 0.15) is 0 Å². The predicted molar refractivity (Wildman–Crippen MR) is 112 cm³/mol. The van der Waals surface area contributed by atoms with Crippen LogP contribution < -0.4 is 4.90 Å². The second-order valence-corrected chi connectivity index (χ2v) is 7.52. The highest BCUT2D eigenvalue weighted by atomic mass is 35.5. The molecule has 28 heavy (non-hydrogen) atoms. The van der Waals surface area contributed by atoms with Gasteiger partial charge in [-0.1, -0.05) is 48.0 Å². The SMILES string of the molecule is CN(Cc1ccccc1)C(=O)CCC(=O)N1CCN(c2cccc(Cl)c2)CC1. The molecule has 0 spiro atoms. The van der Waals surface area contributed by atoms with Gasteiger partial charge in [0.15, 0.2) is 0 Å². The molecule has 5 nitrogen and oxygen atoms in total. The lowest BCUT2D eigenvalue weighted by Gasteiger charge is -2.36. The Morgan fingerprint density at radius 1 is 0.964 bits per heavy atom. The van der Waals surface area contributed by atoms with Crippen LogP contribution in [0.2, 0.25) is 5.02 Å². The first-order valence-electron chi connectivity index (χ1n) is 9.59. The molecule has 1 aliphatic rings. The van der Waals surface area contributed by atoms with E-state index in [1.165, 1.54) is 0 Å². The minimum atomic E-state index is -0.00485. The Hall–Kier alpha value is -2.53. The van der Waals surface area contributed by atoms with Crippen LogP contribution in [0.4, 0.5) is 5.69 Å². The predicted octanol–water partition coefficient (Wildman–Crippen LogP) is 3.43. The van der Waals surface area contributed by atoms with Crippen molar-refractivity contribution < 1.29 is 9.59 Å². The second-order valence-electron chi connectivity index (χ2n) is 7.08. The molecular formula is C22H26ClN3O2. The Balaban J connectivity index is 1.42. The largest absolute Gasteiger partial charge is 0.368 e. The summed E-state index contributed by atoms with van der Waals surface area (Å²) in [7, 11) is 1.78. The molecule has 3 rings (SSSR count). The van der Waals surface area contributed by atoms with Crippen molar-refractivity contribution in [2.24, 2.45) is 0 Å². The van der Waals surface area contributed by atoms with Gasteiger partial charge in [-0.2, -0.15) is 0 Å². The lowest BCUT2D eigenvalue weighted by molar-refractivity contribution is -0.136. The third kappa shape index (κ3) is 5.49. The molecule has 0 radical (unpaired) electrons. The van der Waals surface area contributed by atoms with E-state index >= 15 is 0 Å². The van der Waals surface area contributed by atoms with Crippen molar-refractivity contribution in [3.63, 3.8) is 0 Å². The molecule has 0 saturated carbocycles. The molecule has 0 unspecified atom stereocenters. The Labute approximate surface area is 171 Å². The average molecular weight is 400 g/mol. The van der Waals surface area contributed by atoms with E-state index in [-0.39, 0.29) is 24.7 Å². The summed E-state index contributed by atoms with van der Waals surface area (Å²) in [6.07, 6.45) is 0.506. The van der Waals surface area contributed by atoms with Gasteiger partial charge in [-0.25, -0.2) is 0 Å². The van der Waals surface area contributed by atoms with Crippen LogP contribution in [0, 0.1) is 0 Å². The summed E-state index contributed by atoms with van der Waals surface area (Å²) in [6, 6.07) is 17.6. The number of nitrogens with zero attached hydrogens (tertiary/aromatic N) is 3. The standard InChI is InChI=1S/C22H26ClN3O2/c1-24(17-18-6-3-2-4-7-18)21(27)10-11-22(28)26-14-12-25(13-15-26)20-9-5-8-19(23)16-20/h2-9,16H,10-15,17H2,1H3. The molecule has 1 saturated heterocycles. The average Bonchev–Trinajstić information content (AvgIpc) is 2.72. The zero-order valence-electron chi connectivity index (χ0n) is 16.2. The van der Waals surface area contributed by atoms with E-state index in [1.54, 1.807) is 11.9 Å². The molecule has 2 aromatic rings. The van der Waals surface area contributed by atoms with Crippen LogP contribution in [-0.2, 0) is 16.1 Å². The van der Waals surface area contributed by atoms with E-state index < -0.39 is 0 Å². The van der Waals surface area contributed by atoms with E-state index in [1.807, 2.05) is 59.5 Å². The van der Waals surface area contributed by atoms with Gasteiger partial charge in [-0.15, -0.1) is 0 Å². The molecule has 6 heteroatoms. The van der Waals surface area contributed by atoms with Gasteiger partial charge < -0.3 is 14.7 Å². The summed E-state index contributed by atoms with van der Waals surface area (Å²) >= 11 is 6.06. The molecule has 2 aromatic carbocycles. The van der Waals surface area contributed by atoms with E-state index in [9.17, 15) is 9.59 Å². The van der Waals surface area contributed by atoms with Crippen molar-refractivity contribution >= 4 is 29.1 Å². The van der Waals surface area contributed by atoms with Gasteiger partial charge in [0.25, 0.3) is 0 Å². The van der Waals surface area contributed by atoms with Gasteiger partial charge in [0, 0.05) is 63.3 Å². The highest BCUT2D eigenvalue weighted by molar-refractivity contribution is 6.30. The summed E-state index contributed by atoms with van der Waals surface area (Å²) in [5, 5.41) is 0.717. The normalized spacial score (nSPS) is 14.1. The molecule has 0 aromatic heterocycles. The van der Waals surface area contributed by atoms with Crippen molar-refractivity contribution in [1.29, 1.82) is 0 Å². The monoisotopic (exact) mass is 399 g/mol. The summed E-state index contributed by atoms with van der Waals surface area (Å²) in [4.78, 5) is 30.6. The van der Waals surface area contributed by atoms with Crippen molar-refractivity contribution in [2.75, 3.05) is 38.1 Å². The Kier molecular flexibility index (Phi) is 6.93. The fourth-order valence-electron chi connectivity index (χ4n) is 3.40. The van der Waals surface area contributed by atoms with Crippen molar-refractivity contribution in [3.05, 3.63) is 65.2 Å². The Morgan fingerprint density at radius 3 is 2.36 bits per heavy atom. The summed E-state index contributed by atoms with van der Waals surface area (Å²) < 4.78 is 0. The molecule has 2 amide bonds. The fourth-order valence-corrected chi connectivity index (χ4v) is 3.58. The van der Waals surface area contributed by atoms with Crippen molar-refractivity contribution in [2.45, 2.75) is 19.4 Å². The molecule has 0 atom stereocenters. The number of piperazine rings is 1. The molecular weight excluding hydrogens is 374 g/mol. The molecule has 1 heterocycles. The van der Waals surface area contributed by atoms with E-state index in [2.05, 4.69) is 4.90 Å². The van der Waals surface area contributed by atoms with Crippen LogP contribution >= 0.6 is 11.6 Å². The number of halogens is 1. The third-order valence-electron chi connectivity index (χ3n) is 5.05. The van der Waals surface area contributed by atoms with E-state index in [0.717, 1.165) is 24.3 Å². The number of anilines is 1. The molecule has 148 valence electrons. The van der Waals surface area contributed by atoms with Gasteiger partial charge in [-0.3, -0.25) is 9.59 Å². The van der Waals surface area contributed by atoms with Crippen LogP contribution in [0.15, 0.2) is 54.6 Å². The van der Waals surface area contributed by atoms with Gasteiger partial charge >= 0.3 is 0 Å². The number of rotatable bonds is 6. The van der Waals surface area contributed by atoms with Crippen LogP contribution in [0.25, 0.3) is 0 Å². The zero-order chi connectivity index (χ0) is 19.9. The third-order valence-corrected chi connectivity index (χ3v) is 5.28. The molecule has 1 fully saturated rings. The topological polar surface area (TPSA) is 43.9 Å². The highest BCUT2D eigenvalue weighted by Gasteiger charge is 2.22. The maximum atomic E-state index is 12.5. The zero-order valence-corrected chi connectivity index (χ0v) is 16.9. The lowest BCUT2D eigenvalue weighted by atomic mass is 10.2. The first-order chi connectivity index (χ1) is 13.5. The Morgan fingerprint density at radius 2 is 1.68 bits per heavy atom. The molecule has 0 N–H and O–H groups in total. The van der Waals surface area contributed by atoms with Crippen molar-refractivity contribution in [3.8, 4) is 0 Å². The lowest BCUT2D eigenvalue weighted by Crippen LogP contribution is -2.49. The summed E-state index contributed by atoms with van der Waals surface area (Å²) in [6.45, 7) is 3.44. The van der Waals surface area contributed by atoms with Gasteiger partial charge in [0.2, 0.25) is 11.8 Å². The second kappa shape index (κ2) is 9.60. The number of hydrogen-bond acceptors (Lipinski definition) is 3. The number of carbonyl (C=O) groups excluding carboxylic acids is 2. The van der Waals surface area contributed by atoms with Crippen LogP contribution in [0.5, 0.6) is 0 Å². The Bertz CT molecular complexity index is 804. The number of hydrogen-bond donors (Lipinski definition) is 0. The molecule has 1 aliphatic heterocycles. The van der Waals surface area contributed by atoms with Gasteiger partial charge in [0.05, 0.1) is 0 Å². The molecule has 0 bridgehead atoms. The maximum Gasteiger partial charge on any atom is 0.223 e. The minimum absolute atomic E-state index is 0.00485. The molecule has 0 aliphatic carbocycles. The first-order valence-corrected chi connectivity index (χ1v) is 9.97.